The Morgan fingerprint density at radius 3 is 2.31 bits per heavy atom. The first-order chi connectivity index (χ1) is 12.1. The normalized spacial score (nSPS) is 20.9. The van der Waals surface area contributed by atoms with Crippen LogP contribution in [0.3, 0.4) is 0 Å². The van der Waals surface area contributed by atoms with Crippen LogP contribution in [-0.4, -0.2) is 60.8 Å². The summed E-state index contributed by atoms with van der Waals surface area (Å²) in [5, 5.41) is 3.32. The van der Waals surface area contributed by atoms with E-state index in [9.17, 15) is 9.59 Å². The Bertz CT molecular complexity index is 710. The van der Waals surface area contributed by atoms with Crippen LogP contribution in [-0.2, 0) is 0 Å². The van der Waals surface area contributed by atoms with Crippen molar-refractivity contribution < 1.29 is 9.59 Å². The lowest BCUT2D eigenvalue weighted by molar-refractivity contribution is 0.0657. The van der Waals surface area contributed by atoms with Gasteiger partial charge in [-0.2, -0.15) is 0 Å². The number of aliphatic imine (C=N–C) groups is 1. The van der Waals surface area contributed by atoms with Crippen LogP contribution < -0.4 is 5.32 Å². The highest BCUT2D eigenvalue weighted by atomic mass is 127. The van der Waals surface area contributed by atoms with Gasteiger partial charge in [0.2, 0.25) is 0 Å². The summed E-state index contributed by atoms with van der Waals surface area (Å²) in [4.78, 5) is 32.8. The standard InChI is InChI=1S/C19H24N4O2.HI/c1-20-18(22-11-9-19(13-22)7-4-8-19)21-10-12-23-16(24)14-5-2-3-6-15(14)17(23)25;/h2-3,5-6H,4,7-13H2,1H3,(H,20,21);1H. The van der Waals surface area contributed by atoms with Crippen molar-refractivity contribution in [3.63, 3.8) is 0 Å². The minimum absolute atomic E-state index is 0. The van der Waals surface area contributed by atoms with Gasteiger partial charge in [-0.25, -0.2) is 0 Å². The van der Waals surface area contributed by atoms with Crippen LogP contribution in [0, 0.1) is 5.41 Å². The topological polar surface area (TPSA) is 65.0 Å². The molecule has 3 aliphatic rings. The lowest BCUT2D eigenvalue weighted by Crippen LogP contribution is -2.45. The number of hydrogen-bond donors (Lipinski definition) is 1. The minimum Gasteiger partial charge on any atom is -0.354 e. The summed E-state index contributed by atoms with van der Waals surface area (Å²) < 4.78 is 0. The summed E-state index contributed by atoms with van der Waals surface area (Å²) >= 11 is 0. The quantitative estimate of drug-likeness (QED) is 0.320. The van der Waals surface area contributed by atoms with Crippen molar-refractivity contribution in [3.05, 3.63) is 35.4 Å². The highest BCUT2D eigenvalue weighted by Gasteiger charge is 2.43. The summed E-state index contributed by atoms with van der Waals surface area (Å²) in [7, 11) is 1.79. The van der Waals surface area contributed by atoms with Gasteiger partial charge in [-0.1, -0.05) is 18.6 Å². The smallest absolute Gasteiger partial charge is 0.261 e. The third kappa shape index (κ3) is 3.21. The molecular weight excluding hydrogens is 443 g/mol. The van der Waals surface area contributed by atoms with Crippen LogP contribution >= 0.6 is 24.0 Å². The van der Waals surface area contributed by atoms with Gasteiger partial charge in [0.05, 0.1) is 11.1 Å². The van der Waals surface area contributed by atoms with Gasteiger partial charge in [0.15, 0.2) is 5.96 Å². The Balaban J connectivity index is 0.00000196. The van der Waals surface area contributed by atoms with Gasteiger partial charge in [-0.05, 0) is 36.8 Å². The van der Waals surface area contributed by atoms with Crippen molar-refractivity contribution in [2.24, 2.45) is 10.4 Å². The Hall–Kier alpha value is -1.64. The molecule has 4 rings (SSSR count). The summed E-state index contributed by atoms with van der Waals surface area (Å²) in [5.74, 6) is 0.472. The fourth-order valence-electron chi connectivity index (χ4n) is 4.25. The first kappa shape index (κ1) is 19.1. The van der Waals surface area contributed by atoms with Gasteiger partial charge in [-0.15, -0.1) is 24.0 Å². The fourth-order valence-corrected chi connectivity index (χ4v) is 4.25. The van der Waals surface area contributed by atoms with Crippen molar-refractivity contribution >= 4 is 41.8 Å². The number of benzene rings is 1. The number of hydrogen-bond acceptors (Lipinski definition) is 3. The maximum atomic E-state index is 12.4. The Labute approximate surface area is 171 Å². The van der Waals surface area contributed by atoms with Gasteiger partial charge < -0.3 is 10.2 Å². The number of nitrogens with zero attached hydrogens (tertiary/aromatic N) is 3. The second-order valence-electron chi connectivity index (χ2n) is 7.31. The van der Waals surface area contributed by atoms with E-state index >= 15 is 0 Å². The zero-order valence-electron chi connectivity index (χ0n) is 15.0. The molecular formula is C19H25IN4O2. The van der Waals surface area contributed by atoms with Crippen molar-refractivity contribution in [2.45, 2.75) is 25.7 Å². The van der Waals surface area contributed by atoms with Crippen molar-refractivity contribution in [3.8, 4) is 0 Å². The monoisotopic (exact) mass is 468 g/mol. The number of guanidine groups is 1. The number of nitrogens with one attached hydrogen (secondary N) is 1. The predicted octanol–water partition coefficient (Wildman–Crippen LogP) is 2.35. The molecule has 1 aromatic carbocycles. The number of halogens is 1. The third-order valence-corrected chi connectivity index (χ3v) is 5.86. The zero-order valence-corrected chi connectivity index (χ0v) is 17.4. The van der Waals surface area contributed by atoms with Crippen LogP contribution in [0.25, 0.3) is 0 Å². The highest BCUT2D eigenvalue weighted by Crippen LogP contribution is 2.47. The number of imide groups is 1. The van der Waals surface area contributed by atoms with E-state index in [1.54, 1.807) is 31.3 Å². The molecule has 0 radical (unpaired) electrons. The summed E-state index contributed by atoms with van der Waals surface area (Å²) in [6.45, 7) is 2.97. The number of fused-ring (bicyclic) bond motifs is 1. The minimum atomic E-state index is -0.202. The third-order valence-electron chi connectivity index (χ3n) is 5.86. The molecule has 1 aromatic rings. The zero-order chi connectivity index (χ0) is 17.4. The van der Waals surface area contributed by atoms with Gasteiger partial charge in [-0.3, -0.25) is 19.5 Å². The van der Waals surface area contributed by atoms with E-state index in [0.717, 1.165) is 19.0 Å². The molecule has 2 amide bonds. The Morgan fingerprint density at radius 1 is 1.15 bits per heavy atom. The van der Waals surface area contributed by atoms with Crippen molar-refractivity contribution in [2.75, 3.05) is 33.2 Å². The molecule has 2 heterocycles. The lowest BCUT2D eigenvalue weighted by Gasteiger charge is -2.38. The van der Waals surface area contributed by atoms with Crippen LogP contribution in [0.15, 0.2) is 29.3 Å². The first-order valence-corrected chi connectivity index (χ1v) is 9.04. The van der Waals surface area contributed by atoms with E-state index < -0.39 is 0 Å². The average Bonchev–Trinajstić information content (AvgIpc) is 3.15. The first-order valence-electron chi connectivity index (χ1n) is 9.04. The summed E-state index contributed by atoms with van der Waals surface area (Å²) in [5.41, 5.74) is 1.52. The molecule has 1 N–H and O–H groups in total. The molecule has 7 heteroatoms. The molecule has 140 valence electrons. The molecule has 0 aromatic heterocycles. The van der Waals surface area contributed by atoms with Gasteiger partial charge in [0, 0.05) is 33.2 Å². The SMILES string of the molecule is CN=C(NCCN1C(=O)c2ccccc2C1=O)N1CCC2(CCC2)C1.I. The van der Waals surface area contributed by atoms with Crippen molar-refractivity contribution in [1.29, 1.82) is 0 Å². The number of rotatable bonds is 3. The number of carbonyl (C=O) groups is 2. The molecule has 0 bridgehead atoms. The lowest BCUT2D eigenvalue weighted by atomic mass is 9.68. The van der Waals surface area contributed by atoms with Crippen LogP contribution in [0.5, 0.6) is 0 Å². The largest absolute Gasteiger partial charge is 0.354 e. The average molecular weight is 468 g/mol. The fraction of sp³-hybridized carbons (Fsp3) is 0.526. The molecule has 26 heavy (non-hydrogen) atoms. The molecule has 6 nitrogen and oxygen atoms in total. The molecule has 1 saturated heterocycles. The number of amides is 2. The molecule has 1 spiro atoms. The van der Waals surface area contributed by atoms with E-state index in [1.165, 1.54) is 30.6 Å². The maximum absolute atomic E-state index is 12.4. The number of carbonyl (C=O) groups excluding carboxylic acids is 2. The second-order valence-corrected chi connectivity index (χ2v) is 7.31. The Morgan fingerprint density at radius 2 is 1.81 bits per heavy atom. The predicted molar refractivity (Wildman–Crippen MR) is 111 cm³/mol. The molecule has 1 aliphatic carbocycles. The van der Waals surface area contributed by atoms with Gasteiger partial charge in [0.1, 0.15) is 0 Å². The van der Waals surface area contributed by atoms with Crippen molar-refractivity contribution in [1.82, 2.24) is 15.1 Å². The van der Waals surface area contributed by atoms with E-state index in [4.69, 9.17) is 0 Å². The van der Waals surface area contributed by atoms with Gasteiger partial charge in [0.25, 0.3) is 11.8 Å². The molecule has 0 unspecified atom stereocenters. The van der Waals surface area contributed by atoms with E-state index in [1.807, 2.05) is 0 Å². The molecule has 1 saturated carbocycles. The second kappa shape index (κ2) is 7.54. The Kier molecular flexibility index (Phi) is 5.55. The summed E-state index contributed by atoms with van der Waals surface area (Å²) in [6.07, 6.45) is 5.25. The van der Waals surface area contributed by atoms with Crippen LogP contribution in [0.4, 0.5) is 0 Å². The number of likely N-dealkylation sites (tertiary alicyclic amines) is 1. The highest BCUT2D eigenvalue weighted by molar-refractivity contribution is 14.0. The molecule has 0 atom stereocenters. The summed E-state index contributed by atoms with van der Waals surface area (Å²) in [6, 6.07) is 7.00. The van der Waals surface area contributed by atoms with E-state index in [2.05, 4.69) is 15.2 Å². The van der Waals surface area contributed by atoms with E-state index in [-0.39, 0.29) is 35.8 Å². The van der Waals surface area contributed by atoms with E-state index in [0.29, 0.717) is 29.6 Å². The molecule has 2 fully saturated rings. The molecule has 2 aliphatic heterocycles. The van der Waals surface area contributed by atoms with Crippen LogP contribution in [0.1, 0.15) is 46.4 Å². The van der Waals surface area contributed by atoms with Crippen LogP contribution in [0.2, 0.25) is 0 Å². The van der Waals surface area contributed by atoms with Gasteiger partial charge >= 0.3 is 0 Å². The maximum Gasteiger partial charge on any atom is 0.261 e.